The van der Waals surface area contributed by atoms with Crippen LogP contribution in [0.1, 0.15) is 31.9 Å². The van der Waals surface area contributed by atoms with E-state index in [1.807, 2.05) is 75.4 Å². The van der Waals surface area contributed by atoms with Gasteiger partial charge in [0, 0.05) is 23.0 Å². The molecule has 0 fully saturated rings. The van der Waals surface area contributed by atoms with Crippen molar-refractivity contribution in [2.24, 2.45) is 0 Å². The van der Waals surface area contributed by atoms with Crippen molar-refractivity contribution in [3.8, 4) is 5.75 Å². The summed E-state index contributed by atoms with van der Waals surface area (Å²) in [5.74, 6) is -0.270. The van der Waals surface area contributed by atoms with E-state index in [2.05, 4.69) is 21.2 Å². The van der Waals surface area contributed by atoms with Crippen LogP contribution in [0, 0.1) is 0 Å². The van der Waals surface area contributed by atoms with E-state index in [1.165, 1.54) is 12.0 Å². The second kappa shape index (κ2) is 13.3. The molecular formula is C30H36BrN3O5S. The zero-order valence-electron chi connectivity index (χ0n) is 23.4. The lowest BCUT2D eigenvalue weighted by molar-refractivity contribution is -0.140. The summed E-state index contributed by atoms with van der Waals surface area (Å²) >= 11 is 3.43. The molecule has 3 aromatic carbocycles. The largest absolute Gasteiger partial charge is 0.497 e. The lowest BCUT2D eigenvalue weighted by Gasteiger charge is -2.35. The number of anilines is 1. The molecule has 214 valence electrons. The van der Waals surface area contributed by atoms with Gasteiger partial charge in [0.1, 0.15) is 18.3 Å². The summed E-state index contributed by atoms with van der Waals surface area (Å²) in [6, 6.07) is 22.4. The predicted molar refractivity (Wildman–Crippen MR) is 162 cm³/mol. The summed E-state index contributed by atoms with van der Waals surface area (Å²) in [7, 11) is -2.32. The monoisotopic (exact) mass is 629 g/mol. The van der Waals surface area contributed by atoms with Gasteiger partial charge in [0.2, 0.25) is 21.8 Å². The highest BCUT2D eigenvalue weighted by Crippen LogP contribution is 2.23. The molecule has 0 heterocycles. The van der Waals surface area contributed by atoms with Crippen LogP contribution in [-0.2, 0) is 32.6 Å². The van der Waals surface area contributed by atoms with E-state index in [-0.39, 0.29) is 18.9 Å². The van der Waals surface area contributed by atoms with Crippen molar-refractivity contribution in [1.29, 1.82) is 0 Å². The Morgan fingerprint density at radius 1 is 0.925 bits per heavy atom. The molecule has 0 aliphatic heterocycles. The summed E-state index contributed by atoms with van der Waals surface area (Å²) in [5, 5.41) is 3.01. The summed E-state index contributed by atoms with van der Waals surface area (Å²) in [6.07, 6.45) is 1.31. The zero-order chi connectivity index (χ0) is 29.5. The first-order valence-electron chi connectivity index (χ1n) is 12.8. The highest BCUT2D eigenvalue weighted by Gasteiger charge is 2.34. The van der Waals surface area contributed by atoms with E-state index in [0.717, 1.165) is 26.2 Å². The molecule has 3 rings (SSSR count). The molecule has 1 atom stereocenters. The van der Waals surface area contributed by atoms with E-state index in [9.17, 15) is 18.0 Å². The standard InChI is InChI=1S/C30H36BrN3O5S/c1-30(2,3)32-29(36)27(19-22-9-7-6-8-10-22)33(20-23-11-13-24(31)14-12-23)28(35)21-34(40(5,37)38)25-15-17-26(39-4)18-16-25/h6-18,27H,19-21H2,1-5H3,(H,32,36)/t27-/m1/s1. The fraction of sp³-hybridized carbons (Fsp3) is 0.333. The van der Waals surface area contributed by atoms with Crippen LogP contribution in [-0.4, -0.2) is 56.6 Å². The van der Waals surface area contributed by atoms with Crippen LogP contribution in [0.4, 0.5) is 5.69 Å². The number of sulfonamides is 1. The van der Waals surface area contributed by atoms with Gasteiger partial charge in [0.25, 0.3) is 0 Å². The smallest absolute Gasteiger partial charge is 0.244 e. The van der Waals surface area contributed by atoms with Crippen LogP contribution in [0.2, 0.25) is 0 Å². The van der Waals surface area contributed by atoms with E-state index < -0.39 is 34.1 Å². The highest BCUT2D eigenvalue weighted by atomic mass is 79.9. The van der Waals surface area contributed by atoms with Gasteiger partial charge in [-0.25, -0.2) is 8.42 Å². The molecule has 0 saturated heterocycles. The maximum Gasteiger partial charge on any atom is 0.244 e. The van der Waals surface area contributed by atoms with Crippen LogP contribution in [0.5, 0.6) is 5.75 Å². The molecule has 40 heavy (non-hydrogen) atoms. The number of nitrogens with one attached hydrogen (secondary N) is 1. The predicted octanol–water partition coefficient (Wildman–Crippen LogP) is 4.78. The molecule has 2 amide bonds. The molecule has 0 radical (unpaired) electrons. The SMILES string of the molecule is COc1ccc(N(CC(=O)N(Cc2ccc(Br)cc2)[C@H](Cc2ccccc2)C(=O)NC(C)(C)C)S(C)(=O)=O)cc1. The normalized spacial score (nSPS) is 12.3. The number of hydrogen-bond acceptors (Lipinski definition) is 5. The summed E-state index contributed by atoms with van der Waals surface area (Å²) < 4.78 is 32.8. The Morgan fingerprint density at radius 3 is 2.05 bits per heavy atom. The average molecular weight is 631 g/mol. The fourth-order valence-electron chi connectivity index (χ4n) is 4.16. The first-order valence-corrected chi connectivity index (χ1v) is 15.4. The second-order valence-corrected chi connectivity index (χ2v) is 13.4. The van der Waals surface area contributed by atoms with Crippen LogP contribution in [0.25, 0.3) is 0 Å². The second-order valence-electron chi connectivity index (χ2n) is 10.6. The molecule has 0 aromatic heterocycles. The number of carbonyl (C=O) groups is 2. The van der Waals surface area contributed by atoms with Crippen LogP contribution in [0.3, 0.4) is 0 Å². The van der Waals surface area contributed by atoms with Gasteiger partial charge in [-0.2, -0.15) is 0 Å². The Balaban J connectivity index is 2.05. The molecule has 8 nitrogen and oxygen atoms in total. The minimum absolute atomic E-state index is 0.112. The molecule has 1 N–H and O–H groups in total. The fourth-order valence-corrected chi connectivity index (χ4v) is 5.27. The Hall–Kier alpha value is -3.37. The van der Waals surface area contributed by atoms with Crippen molar-refractivity contribution >= 4 is 43.5 Å². The third-order valence-electron chi connectivity index (χ3n) is 6.08. The van der Waals surface area contributed by atoms with E-state index in [4.69, 9.17) is 4.74 Å². The van der Waals surface area contributed by atoms with Crippen molar-refractivity contribution in [3.63, 3.8) is 0 Å². The number of hydrogen-bond donors (Lipinski definition) is 1. The minimum atomic E-state index is -3.84. The Morgan fingerprint density at radius 2 is 1.52 bits per heavy atom. The van der Waals surface area contributed by atoms with Crippen molar-refractivity contribution in [2.45, 2.75) is 45.3 Å². The maximum atomic E-state index is 14.1. The van der Waals surface area contributed by atoms with Gasteiger partial charge in [-0.1, -0.05) is 58.4 Å². The van der Waals surface area contributed by atoms with E-state index in [1.54, 1.807) is 24.3 Å². The zero-order valence-corrected chi connectivity index (χ0v) is 25.8. The van der Waals surface area contributed by atoms with Gasteiger partial charge in [-0.3, -0.25) is 13.9 Å². The number of amides is 2. The molecule has 0 aliphatic rings. The molecule has 10 heteroatoms. The van der Waals surface area contributed by atoms with Gasteiger partial charge < -0.3 is 15.0 Å². The maximum absolute atomic E-state index is 14.1. The number of rotatable bonds is 11. The summed E-state index contributed by atoms with van der Waals surface area (Å²) in [6.45, 7) is 5.26. The van der Waals surface area contributed by atoms with Crippen LogP contribution in [0.15, 0.2) is 83.3 Å². The molecule has 3 aromatic rings. The number of methoxy groups -OCH3 is 1. The van der Waals surface area contributed by atoms with Gasteiger partial charge in [0.15, 0.2) is 0 Å². The molecule has 0 aliphatic carbocycles. The minimum Gasteiger partial charge on any atom is -0.497 e. The molecular weight excluding hydrogens is 594 g/mol. The van der Waals surface area contributed by atoms with Gasteiger partial charge in [0.05, 0.1) is 19.1 Å². The molecule has 0 saturated carbocycles. The molecule has 0 spiro atoms. The van der Waals surface area contributed by atoms with Gasteiger partial charge in [-0.05, 0) is 68.3 Å². The summed E-state index contributed by atoms with van der Waals surface area (Å²) in [5.41, 5.74) is 1.45. The first-order chi connectivity index (χ1) is 18.8. The molecule has 0 bridgehead atoms. The number of ether oxygens (including phenoxy) is 1. The van der Waals surface area contributed by atoms with Crippen molar-refractivity contribution < 1.29 is 22.7 Å². The molecule has 0 unspecified atom stereocenters. The number of benzene rings is 3. The van der Waals surface area contributed by atoms with E-state index in [0.29, 0.717) is 11.4 Å². The number of carbonyl (C=O) groups excluding carboxylic acids is 2. The average Bonchev–Trinajstić information content (AvgIpc) is 2.89. The van der Waals surface area contributed by atoms with Crippen LogP contribution < -0.4 is 14.4 Å². The van der Waals surface area contributed by atoms with Gasteiger partial charge in [-0.15, -0.1) is 0 Å². The lowest BCUT2D eigenvalue weighted by Crippen LogP contribution is -2.56. The first kappa shape index (κ1) is 31.2. The number of nitrogens with zero attached hydrogens (tertiary/aromatic N) is 2. The van der Waals surface area contributed by atoms with Gasteiger partial charge >= 0.3 is 0 Å². The lowest BCUT2D eigenvalue weighted by atomic mass is 10.0. The topological polar surface area (TPSA) is 96.0 Å². The third-order valence-corrected chi connectivity index (χ3v) is 7.74. The Bertz CT molecular complexity index is 1390. The van der Waals surface area contributed by atoms with Crippen molar-refractivity contribution in [3.05, 3.63) is 94.5 Å². The van der Waals surface area contributed by atoms with Crippen molar-refractivity contribution in [1.82, 2.24) is 10.2 Å². The Kier molecular flexibility index (Phi) is 10.4. The Labute approximate surface area is 245 Å². The van der Waals surface area contributed by atoms with Crippen molar-refractivity contribution in [2.75, 3.05) is 24.2 Å². The van der Waals surface area contributed by atoms with Crippen LogP contribution >= 0.6 is 15.9 Å². The summed E-state index contributed by atoms with van der Waals surface area (Å²) in [4.78, 5) is 29.3. The highest BCUT2D eigenvalue weighted by molar-refractivity contribution is 9.10. The quantitative estimate of drug-likeness (QED) is 0.329. The third kappa shape index (κ3) is 9.09. The van der Waals surface area contributed by atoms with E-state index >= 15 is 0 Å². The number of halogens is 1.